The lowest BCUT2D eigenvalue weighted by atomic mass is 9.70. The Morgan fingerprint density at radius 2 is 1.00 bits per heavy atom. The zero-order valence-corrected chi connectivity index (χ0v) is 35.2. The van der Waals surface area contributed by atoms with Crippen molar-refractivity contribution < 1.29 is 0 Å². The van der Waals surface area contributed by atoms with Crippen molar-refractivity contribution in [3.63, 3.8) is 0 Å². The molecule has 60 heavy (non-hydrogen) atoms. The van der Waals surface area contributed by atoms with Crippen molar-refractivity contribution in [2.75, 3.05) is 11.9 Å². The first kappa shape index (κ1) is 40.4. The number of rotatable bonds is 18. The predicted molar refractivity (Wildman–Crippen MR) is 255 cm³/mol. The van der Waals surface area contributed by atoms with Crippen LogP contribution in [0.3, 0.4) is 0 Å². The molecule has 0 radical (unpaired) electrons. The van der Waals surface area contributed by atoms with Gasteiger partial charge in [0.15, 0.2) is 0 Å². The third-order valence-corrected chi connectivity index (χ3v) is 12.5. The van der Waals surface area contributed by atoms with Gasteiger partial charge in [0.2, 0.25) is 0 Å². The fraction of sp³-hybridized carbons (Fsp3) is 0.250. The number of unbranched alkanes of at least 4 members (excludes halogenated alkanes) is 6. The van der Waals surface area contributed by atoms with Crippen molar-refractivity contribution in [3.8, 4) is 55.6 Å². The van der Waals surface area contributed by atoms with E-state index in [1.54, 1.807) is 0 Å². The van der Waals surface area contributed by atoms with Gasteiger partial charge in [-0.2, -0.15) is 0 Å². The van der Waals surface area contributed by atoms with Crippen LogP contribution in [0.15, 0.2) is 169 Å². The molecule has 0 amide bonds. The summed E-state index contributed by atoms with van der Waals surface area (Å²) in [7, 11) is 0. The first-order valence-electron chi connectivity index (χ1n) is 22.1. The normalized spacial score (nSPS) is 14.0. The SMILES string of the molecule is CCCCCCC1(CCCCCCN=[N+]=[N-])c2ccccc2-c2ccc(Nc3ccc(-c4cc(-c5ccc(C)cc5)cc(-c5cccc(-c6ccccc6)c5)c4)cc3)cc21. The molecule has 7 aromatic rings. The van der Waals surface area contributed by atoms with Crippen molar-refractivity contribution in [1.82, 2.24) is 0 Å². The molecule has 7 aromatic carbocycles. The van der Waals surface area contributed by atoms with Gasteiger partial charge in [-0.05, 0) is 147 Å². The summed E-state index contributed by atoms with van der Waals surface area (Å²) >= 11 is 0. The highest BCUT2D eigenvalue weighted by Gasteiger charge is 2.42. The van der Waals surface area contributed by atoms with Crippen LogP contribution in [0.1, 0.15) is 87.8 Å². The number of azide groups is 1. The number of fused-ring (bicyclic) bond motifs is 3. The minimum Gasteiger partial charge on any atom is -0.356 e. The largest absolute Gasteiger partial charge is 0.356 e. The van der Waals surface area contributed by atoms with Gasteiger partial charge in [-0.3, -0.25) is 0 Å². The van der Waals surface area contributed by atoms with Gasteiger partial charge in [-0.25, -0.2) is 0 Å². The molecule has 4 heteroatoms. The summed E-state index contributed by atoms with van der Waals surface area (Å²) in [5.41, 5.74) is 27.5. The maximum absolute atomic E-state index is 8.71. The van der Waals surface area contributed by atoms with E-state index in [0.717, 1.165) is 49.9 Å². The van der Waals surface area contributed by atoms with Gasteiger partial charge in [0, 0.05) is 28.2 Å². The zero-order valence-electron chi connectivity index (χ0n) is 35.2. The topological polar surface area (TPSA) is 60.8 Å². The number of hydrogen-bond donors (Lipinski definition) is 1. The Labute approximate surface area is 357 Å². The van der Waals surface area contributed by atoms with Gasteiger partial charge in [0.25, 0.3) is 0 Å². The number of nitrogens with zero attached hydrogens (tertiary/aromatic N) is 3. The quantitative estimate of drug-likeness (QED) is 0.0401. The number of benzene rings is 7. The molecular formula is C56H56N4. The second-order valence-corrected chi connectivity index (χ2v) is 16.6. The highest BCUT2D eigenvalue weighted by Crippen LogP contribution is 2.55. The fourth-order valence-corrected chi connectivity index (χ4v) is 9.35. The van der Waals surface area contributed by atoms with E-state index < -0.39 is 0 Å². The number of hydrogen-bond acceptors (Lipinski definition) is 2. The van der Waals surface area contributed by atoms with Crippen LogP contribution < -0.4 is 5.32 Å². The van der Waals surface area contributed by atoms with E-state index in [9.17, 15) is 0 Å². The zero-order chi connectivity index (χ0) is 41.2. The van der Waals surface area contributed by atoms with Crippen LogP contribution in [-0.4, -0.2) is 6.54 Å². The molecule has 0 aromatic heterocycles. The van der Waals surface area contributed by atoms with Crippen molar-refractivity contribution in [2.24, 2.45) is 5.11 Å². The highest BCUT2D eigenvalue weighted by molar-refractivity contribution is 5.85. The number of anilines is 2. The van der Waals surface area contributed by atoms with Crippen LogP contribution in [0.4, 0.5) is 11.4 Å². The first-order valence-corrected chi connectivity index (χ1v) is 22.1. The van der Waals surface area contributed by atoms with E-state index in [1.165, 1.54) is 98.0 Å². The maximum Gasteiger partial charge on any atom is 0.0387 e. The van der Waals surface area contributed by atoms with E-state index in [4.69, 9.17) is 5.53 Å². The number of nitrogens with one attached hydrogen (secondary N) is 1. The summed E-state index contributed by atoms with van der Waals surface area (Å²) in [4.78, 5) is 2.94. The molecule has 0 bridgehead atoms. The lowest BCUT2D eigenvalue weighted by Gasteiger charge is -2.33. The molecule has 0 fully saturated rings. The standard InChI is InChI=1S/C56H56N4/c1-3-4-5-13-33-56(34-14-6-7-15-35-58-60-57)54-22-12-11-21-52(54)53-32-31-51(40-55(53)56)59-50-29-27-44(28-30-50)48-37-47(43-25-23-41(2)24-26-43)38-49(39-48)46-20-16-19-45(36-46)42-17-9-8-10-18-42/h8-12,16-32,36-40,59H,3-7,13-15,33-35H2,1-2H3. The van der Waals surface area contributed by atoms with Gasteiger partial charge in [-0.15, -0.1) is 0 Å². The van der Waals surface area contributed by atoms with Crippen LogP contribution in [-0.2, 0) is 5.41 Å². The molecule has 300 valence electrons. The first-order chi connectivity index (χ1) is 29.5. The third kappa shape index (κ3) is 9.10. The van der Waals surface area contributed by atoms with Crippen LogP contribution in [0.2, 0.25) is 0 Å². The Balaban J connectivity index is 1.08. The maximum atomic E-state index is 8.71. The summed E-state index contributed by atoms with van der Waals surface area (Å²) in [6.07, 6.45) is 11.6. The molecule has 4 nitrogen and oxygen atoms in total. The van der Waals surface area contributed by atoms with Gasteiger partial charge < -0.3 is 5.32 Å². The Morgan fingerprint density at radius 3 is 1.70 bits per heavy atom. The molecule has 1 unspecified atom stereocenters. The van der Waals surface area contributed by atoms with Gasteiger partial charge in [0.05, 0.1) is 0 Å². The molecule has 0 saturated carbocycles. The lowest BCUT2D eigenvalue weighted by molar-refractivity contribution is 0.400. The van der Waals surface area contributed by atoms with E-state index >= 15 is 0 Å². The second-order valence-electron chi connectivity index (χ2n) is 16.6. The highest BCUT2D eigenvalue weighted by atomic mass is 15.1. The average Bonchev–Trinajstić information content (AvgIpc) is 3.56. The van der Waals surface area contributed by atoms with Crippen molar-refractivity contribution in [3.05, 3.63) is 191 Å². The van der Waals surface area contributed by atoms with E-state index in [1.807, 2.05) is 0 Å². The molecular weight excluding hydrogens is 729 g/mol. The summed E-state index contributed by atoms with van der Waals surface area (Å²) < 4.78 is 0. The van der Waals surface area contributed by atoms with Gasteiger partial charge >= 0.3 is 0 Å². The monoisotopic (exact) mass is 784 g/mol. The van der Waals surface area contributed by atoms with Crippen LogP contribution >= 0.6 is 0 Å². The van der Waals surface area contributed by atoms with E-state index in [0.29, 0.717) is 6.54 Å². The fourth-order valence-electron chi connectivity index (χ4n) is 9.35. The lowest BCUT2D eigenvalue weighted by Crippen LogP contribution is -2.25. The summed E-state index contributed by atoms with van der Waals surface area (Å²) in [6, 6.07) is 60.5. The summed E-state index contributed by atoms with van der Waals surface area (Å²) in [6.45, 7) is 5.02. The molecule has 1 aliphatic rings. The number of aryl methyl sites for hydroxylation is 1. The Hall–Kier alpha value is -6.35. The van der Waals surface area contributed by atoms with Crippen LogP contribution in [0.25, 0.3) is 66.1 Å². The molecule has 1 N–H and O–H groups in total. The third-order valence-electron chi connectivity index (χ3n) is 12.5. The minimum atomic E-state index is -0.00713. The summed E-state index contributed by atoms with van der Waals surface area (Å²) in [5.74, 6) is 0. The van der Waals surface area contributed by atoms with Crippen LogP contribution in [0, 0.1) is 6.92 Å². The molecule has 0 aliphatic heterocycles. The Morgan fingerprint density at radius 1 is 0.467 bits per heavy atom. The molecule has 0 heterocycles. The predicted octanol–water partition coefficient (Wildman–Crippen LogP) is 16.9. The Kier molecular flexibility index (Phi) is 12.9. The van der Waals surface area contributed by atoms with Crippen molar-refractivity contribution in [1.29, 1.82) is 0 Å². The van der Waals surface area contributed by atoms with Gasteiger partial charge in [-0.1, -0.05) is 178 Å². The molecule has 8 rings (SSSR count). The Bertz CT molecular complexity index is 2570. The average molecular weight is 785 g/mol. The van der Waals surface area contributed by atoms with E-state index in [-0.39, 0.29) is 5.41 Å². The van der Waals surface area contributed by atoms with Crippen LogP contribution in [0.5, 0.6) is 0 Å². The van der Waals surface area contributed by atoms with Crippen molar-refractivity contribution in [2.45, 2.75) is 83.5 Å². The second kappa shape index (κ2) is 19.1. The van der Waals surface area contributed by atoms with E-state index in [2.05, 4.69) is 193 Å². The molecule has 0 saturated heterocycles. The molecule has 1 aliphatic carbocycles. The summed E-state index contributed by atoms with van der Waals surface area (Å²) in [5, 5.41) is 7.57. The molecule has 1 atom stereocenters. The van der Waals surface area contributed by atoms with Crippen molar-refractivity contribution >= 4 is 11.4 Å². The minimum absolute atomic E-state index is 0.00713. The van der Waals surface area contributed by atoms with Gasteiger partial charge in [0.1, 0.15) is 0 Å². The smallest absolute Gasteiger partial charge is 0.0387 e. The molecule has 0 spiro atoms.